The van der Waals surface area contributed by atoms with Gasteiger partial charge in [0.25, 0.3) is 0 Å². The van der Waals surface area contributed by atoms with Gasteiger partial charge in [0.1, 0.15) is 5.75 Å². The number of benzene rings is 1. The summed E-state index contributed by atoms with van der Waals surface area (Å²) >= 11 is 5.67. The molecule has 0 saturated heterocycles. The van der Waals surface area contributed by atoms with E-state index in [9.17, 15) is 0 Å². The maximum atomic E-state index is 5.83. The van der Waals surface area contributed by atoms with Crippen molar-refractivity contribution in [1.82, 2.24) is 5.32 Å². The van der Waals surface area contributed by atoms with Gasteiger partial charge in [-0.3, -0.25) is 0 Å². The van der Waals surface area contributed by atoms with Gasteiger partial charge >= 0.3 is 0 Å². The van der Waals surface area contributed by atoms with Gasteiger partial charge < -0.3 is 10.1 Å². The van der Waals surface area contributed by atoms with E-state index in [1.54, 1.807) is 0 Å². The molecule has 0 bridgehead atoms. The smallest absolute Gasteiger partial charge is 0.125 e. The molecule has 0 aromatic heterocycles. The molecule has 0 fully saturated rings. The normalized spacial score (nSPS) is 14.9. The van der Waals surface area contributed by atoms with Crippen LogP contribution in [0.1, 0.15) is 31.4 Å². The fraction of sp³-hybridized carbons (Fsp3) is 0.625. The van der Waals surface area contributed by atoms with Crippen LogP contribution in [0, 0.1) is 0 Å². The Hall–Kier alpha value is -0.190. The maximum Gasteiger partial charge on any atom is 0.125 e. The molecule has 4 heteroatoms. The Morgan fingerprint density at radius 1 is 1.40 bits per heavy atom. The highest BCUT2D eigenvalue weighted by atomic mass is 79.9. The average Bonchev–Trinajstić information content (AvgIpc) is 2.87. The van der Waals surface area contributed by atoms with Crippen LogP contribution in [0.25, 0.3) is 0 Å². The Kier molecular flexibility index (Phi) is 6.72. The number of nitrogens with one attached hydrogen (secondary N) is 1. The van der Waals surface area contributed by atoms with Gasteiger partial charge in [0.2, 0.25) is 0 Å². The van der Waals surface area contributed by atoms with Crippen molar-refractivity contribution in [2.45, 2.75) is 39.2 Å². The lowest BCUT2D eigenvalue weighted by atomic mass is 10.0. The van der Waals surface area contributed by atoms with E-state index in [0.717, 1.165) is 31.7 Å². The number of fused-ring (bicyclic) bond motifs is 1. The number of hydrogen-bond acceptors (Lipinski definition) is 3. The lowest BCUT2D eigenvalue weighted by molar-refractivity contribution is 0.352. The highest BCUT2D eigenvalue weighted by Crippen LogP contribution is 2.33. The quantitative estimate of drug-likeness (QED) is 0.709. The maximum absolute atomic E-state index is 5.83. The zero-order valence-corrected chi connectivity index (χ0v) is 14.8. The third kappa shape index (κ3) is 4.40. The molecular formula is C16H24BrNOS. The van der Waals surface area contributed by atoms with E-state index >= 15 is 0 Å². The Bertz CT molecular complexity index is 439. The van der Waals surface area contributed by atoms with E-state index in [4.69, 9.17) is 4.74 Å². The minimum atomic E-state index is 0.527. The second-order valence-electron chi connectivity index (χ2n) is 5.19. The summed E-state index contributed by atoms with van der Waals surface area (Å²) in [5, 5.41) is 3.61. The summed E-state index contributed by atoms with van der Waals surface area (Å²) in [6.07, 6.45) is 3.34. The summed E-state index contributed by atoms with van der Waals surface area (Å²) in [6, 6.07) is 4.94. The zero-order chi connectivity index (χ0) is 14.4. The Morgan fingerprint density at radius 3 is 3.00 bits per heavy atom. The number of likely N-dealkylation sites (N-methyl/N-ethyl adjacent to an activating group) is 1. The summed E-state index contributed by atoms with van der Waals surface area (Å²) in [4.78, 5) is 0. The third-order valence-electron chi connectivity index (χ3n) is 3.45. The van der Waals surface area contributed by atoms with Crippen LogP contribution in [0.5, 0.6) is 5.75 Å². The van der Waals surface area contributed by atoms with Gasteiger partial charge in [-0.1, -0.05) is 29.8 Å². The molecule has 2 rings (SSSR count). The van der Waals surface area contributed by atoms with E-state index < -0.39 is 0 Å². The minimum absolute atomic E-state index is 0.527. The number of hydrogen-bond donors (Lipinski definition) is 1. The molecule has 0 aliphatic carbocycles. The van der Waals surface area contributed by atoms with Crippen molar-refractivity contribution in [2.75, 3.05) is 24.7 Å². The van der Waals surface area contributed by atoms with E-state index in [1.807, 2.05) is 11.8 Å². The predicted octanol–water partition coefficient (Wildman–Crippen LogP) is 4.05. The fourth-order valence-corrected chi connectivity index (χ4v) is 4.14. The topological polar surface area (TPSA) is 21.3 Å². The fourth-order valence-electron chi connectivity index (χ4n) is 2.61. The van der Waals surface area contributed by atoms with E-state index in [1.165, 1.54) is 33.5 Å². The monoisotopic (exact) mass is 357 g/mol. The van der Waals surface area contributed by atoms with Crippen molar-refractivity contribution in [3.8, 4) is 5.75 Å². The molecule has 2 nitrogen and oxygen atoms in total. The summed E-state index contributed by atoms with van der Waals surface area (Å²) in [5.41, 5.74) is 2.70. The van der Waals surface area contributed by atoms with Gasteiger partial charge in [0.05, 0.1) is 6.61 Å². The molecule has 20 heavy (non-hydrogen) atoms. The van der Waals surface area contributed by atoms with Crippen molar-refractivity contribution < 1.29 is 4.74 Å². The van der Waals surface area contributed by atoms with Gasteiger partial charge in [-0.05, 0) is 48.4 Å². The Labute approximate surface area is 135 Å². The molecule has 0 saturated carbocycles. The standard InChI is InChI=1S/C16H24BrNOS/c1-3-7-20-11-15(18-4-2)10-13-9-14(17)8-12-5-6-19-16(12)13/h8-9,15,18H,3-7,10-11H2,1-2H3. The van der Waals surface area contributed by atoms with Crippen molar-refractivity contribution in [3.63, 3.8) is 0 Å². The summed E-state index contributed by atoms with van der Waals surface area (Å²) < 4.78 is 7.01. The van der Waals surface area contributed by atoms with Gasteiger partial charge in [-0.15, -0.1) is 0 Å². The van der Waals surface area contributed by atoms with Crippen molar-refractivity contribution in [2.24, 2.45) is 0 Å². The van der Waals surface area contributed by atoms with Crippen LogP contribution in [0.4, 0.5) is 0 Å². The SMILES string of the molecule is CCCSCC(Cc1cc(Br)cc2c1OCC2)NCC. The van der Waals surface area contributed by atoms with Crippen molar-refractivity contribution in [1.29, 1.82) is 0 Å². The summed E-state index contributed by atoms with van der Waals surface area (Å²) in [7, 11) is 0. The lowest BCUT2D eigenvalue weighted by Crippen LogP contribution is -2.33. The molecule has 1 atom stereocenters. The molecule has 1 heterocycles. The zero-order valence-electron chi connectivity index (χ0n) is 12.4. The predicted molar refractivity (Wildman–Crippen MR) is 92.1 cm³/mol. The number of halogens is 1. The van der Waals surface area contributed by atoms with Crippen molar-refractivity contribution in [3.05, 3.63) is 27.7 Å². The van der Waals surface area contributed by atoms with Gasteiger partial charge in [0, 0.05) is 22.7 Å². The second-order valence-corrected chi connectivity index (χ2v) is 7.25. The molecule has 1 aliphatic rings. The number of ether oxygens (including phenoxy) is 1. The summed E-state index contributed by atoms with van der Waals surface area (Å²) in [6.45, 7) is 6.27. The lowest BCUT2D eigenvalue weighted by Gasteiger charge is -2.19. The van der Waals surface area contributed by atoms with E-state index in [2.05, 4.69) is 47.2 Å². The van der Waals surface area contributed by atoms with Crippen molar-refractivity contribution >= 4 is 27.7 Å². The first-order valence-electron chi connectivity index (χ1n) is 7.49. The van der Waals surface area contributed by atoms with Crippen LogP contribution in [0.2, 0.25) is 0 Å². The summed E-state index contributed by atoms with van der Waals surface area (Å²) in [5.74, 6) is 3.55. The van der Waals surface area contributed by atoms with Gasteiger partial charge in [-0.25, -0.2) is 0 Å². The number of rotatable bonds is 8. The molecule has 1 unspecified atom stereocenters. The number of thioether (sulfide) groups is 1. The van der Waals surface area contributed by atoms with Crippen LogP contribution in [-0.2, 0) is 12.8 Å². The van der Waals surface area contributed by atoms with Gasteiger partial charge in [0.15, 0.2) is 0 Å². The second kappa shape index (κ2) is 8.30. The molecule has 1 aliphatic heterocycles. The van der Waals surface area contributed by atoms with Crippen LogP contribution in [-0.4, -0.2) is 30.7 Å². The van der Waals surface area contributed by atoms with E-state index in [0.29, 0.717) is 6.04 Å². The van der Waals surface area contributed by atoms with Crippen LogP contribution in [0.15, 0.2) is 16.6 Å². The van der Waals surface area contributed by atoms with Gasteiger partial charge in [-0.2, -0.15) is 11.8 Å². The highest BCUT2D eigenvalue weighted by Gasteiger charge is 2.19. The largest absolute Gasteiger partial charge is 0.493 e. The molecule has 0 amide bonds. The molecule has 0 radical (unpaired) electrons. The average molecular weight is 358 g/mol. The molecule has 1 aromatic carbocycles. The molecule has 1 aromatic rings. The molecule has 1 N–H and O–H groups in total. The van der Waals surface area contributed by atoms with Crippen LogP contribution >= 0.6 is 27.7 Å². The highest BCUT2D eigenvalue weighted by molar-refractivity contribution is 9.10. The third-order valence-corrected chi connectivity index (χ3v) is 5.24. The first-order valence-corrected chi connectivity index (χ1v) is 9.44. The van der Waals surface area contributed by atoms with Crippen LogP contribution < -0.4 is 10.1 Å². The molecular weight excluding hydrogens is 334 g/mol. The molecule has 0 spiro atoms. The first kappa shape index (κ1) is 16.2. The first-order chi connectivity index (χ1) is 9.74. The Balaban J connectivity index is 2.06. The van der Waals surface area contributed by atoms with E-state index in [-0.39, 0.29) is 0 Å². The Morgan fingerprint density at radius 2 is 2.25 bits per heavy atom. The molecule has 112 valence electrons. The minimum Gasteiger partial charge on any atom is -0.493 e. The van der Waals surface area contributed by atoms with Crippen LogP contribution in [0.3, 0.4) is 0 Å².